The Morgan fingerprint density at radius 3 is 1.30 bits per heavy atom. The Bertz CT molecular complexity index is 1630. The van der Waals surface area contributed by atoms with E-state index in [4.69, 9.17) is 9.47 Å². The Hall–Kier alpha value is -5.09. The molecule has 2 saturated heterocycles. The lowest BCUT2D eigenvalue weighted by atomic mass is 9.73. The highest BCUT2D eigenvalue weighted by Crippen LogP contribution is 2.37. The van der Waals surface area contributed by atoms with Crippen LogP contribution in [0.5, 0.6) is 0 Å². The summed E-state index contributed by atoms with van der Waals surface area (Å²) in [4.78, 5) is 39.7. The molecule has 2 aliphatic rings. The summed E-state index contributed by atoms with van der Waals surface area (Å²) < 4.78 is 10.7. The van der Waals surface area contributed by atoms with Gasteiger partial charge in [0.15, 0.2) is 0 Å². The molecule has 4 aromatic carbocycles. The fourth-order valence-electron chi connectivity index (χ4n) is 6.52. The molecule has 0 aromatic heterocycles. The number of aliphatic hydroxyl groups excluding tert-OH is 1. The van der Waals surface area contributed by atoms with Crippen LogP contribution < -0.4 is 0 Å². The third-order valence-electron chi connectivity index (χ3n) is 9.69. The van der Waals surface area contributed by atoms with E-state index in [1.54, 1.807) is 9.80 Å². The lowest BCUT2D eigenvalue weighted by Crippen LogP contribution is -2.49. The van der Waals surface area contributed by atoms with Crippen LogP contribution in [-0.4, -0.2) is 79.4 Å². The Kier molecular flexibility index (Phi) is 13.6. The van der Waals surface area contributed by atoms with Crippen molar-refractivity contribution in [3.8, 4) is 0 Å². The van der Waals surface area contributed by atoms with Gasteiger partial charge in [-0.1, -0.05) is 121 Å². The van der Waals surface area contributed by atoms with Crippen molar-refractivity contribution in [2.45, 2.75) is 49.7 Å². The quantitative estimate of drug-likeness (QED) is 0.208. The van der Waals surface area contributed by atoms with Gasteiger partial charge in [0.1, 0.15) is 13.2 Å². The summed E-state index contributed by atoms with van der Waals surface area (Å²) >= 11 is 0. The Balaban J connectivity index is 0.000000220. The van der Waals surface area contributed by atoms with Gasteiger partial charge in [-0.3, -0.25) is 4.79 Å². The van der Waals surface area contributed by atoms with E-state index < -0.39 is 17.5 Å². The number of carbonyl (C=O) groups excluding carboxylic acids is 2. The molecule has 0 aliphatic carbocycles. The van der Waals surface area contributed by atoms with Crippen molar-refractivity contribution in [1.82, 2.24) is 9.80 Å². The van der Waals surface area contributed by atoms with Crippen LogP contribution in [0.15, 0.2) is 121 Å². The van der Waals surface area contributed by atoms with Crippen molar-refractivity contribution in [2.24, 2.45) is 0 Å². The SMILES string of the molecule is O=C(OCc1ccccc1)N1CCC(C(=O)O)(c2ccccc2)CC1.O=C(OCc1ccccc1)N1CCC(CO)(c2ccccc2)CC1.[B]. The van der Waals surface area contributed by atoms with Crippen LogP contribution in [0.4, 0.5) is 9.59 Å². The number of carboxylic acids is 1. The summed E-state index contributed by atoms with van der Waals surface area (Å²) in [5.41, 5.74) is 2.66. The van der Waals surface area contributed by atoms with Gasteiger partial charge in [0.2, 0.25) is 0 Å². The largest absolute Gasteiger partial charge is 0.481 e. The number of aliphatic carboxylic acids is 1. The molecule has 2 heterocycles. The molecule has 50 heavy (non-hydrogen) atoms. The molecule has 2 N–H and O–H groups in total. The second kappa shape index (κ2) is 18.1. The van der Waals surface area contributed by atoms with Gasteiger partial charge in [-0.2, -0.15) is 0 Å². The van der Waals surface area contributed by atoms with E-state index in [0.717, 1.165) is 35.1 Å². The Labute approximate surface area is 296 Å². The van der Waals surface area contributed by atoms with Crippen molar-refractivity contribution in [3.63, 3.8) is 0 Å². The first-order chi connectivity index (χ1) is 23.8. The predicted molar refractivity (Wildman–Crippen MR) is 192 cm³/mol. The molecule has 0 bridgehead atoms. The molecular formula is C40H44BN2O7. The lowest BCUT2D eigenvalue weighted by molar-refractivity contribution is -0.145. The molecule has 10 heteroatoms. The van der Waals surface area contributed by atoms with E-state index in [9.17, 15) is 24.6 Å². The minimum absolute atomic E-state index is 0. The molecule has 2 fully saturated rings. The van der Waals surface area contributed by atoms with Gasteiger partial charge in [-0.15, -0.1) is 0 Å². The number of hydrogen-bond acceptors (Lipinski definition) is 6. The van der Waals surface area contributed by atoms with E-state index in [-0.39, 0.29) is 33.1 Å². The fraction of sp³-hybridized carbons (Fsp3) is 0.325. The zero-order valence-corrected chi connectivity index (χ0v) is 28.2. The molecule has 3 radical (unpaired) electrons. The molecule has 2 aliphatic heterocycles. The van der Waals surface area contributed by atoms with Gasteiger partial charge in [0, 0.05) is 40.0 Å². The van der Waals surface area contributed by atoms with Crippen molar-refractivity contribution >= 4 is 26.6 Å². The molecule has 259 valence electrons. The number of amides is 2. The summed E-state index contributed by atoms with van der Waals surface area (Å²) in [5.74, 6) is -0.837. The van der Waals surface area contributed by atoms with Crippen LogP contribution in [-0.2, 0) is 38.3 Å². The van der Waals surface area contributed by atoms with E-state index >= 15 is 0 Å². The van der Waals surface area contributed by atoms with Crippen LogP contribution in [0.2, 0.25) is 0 Å². The molecule has 4 aromatic rings. The molecule has 0 unspecified atom stereocenters. The molecular weight excluding hydrogens is 631 g/mol. The molecule has 0 atom stereocenters. The van der Waals surface area contributed by atoms with Gasteiger partial charge >= 0.3 is 18.2 Å². The minimum Gasteiger partial charge on any atom is -0.481 e. The monoisotopic (exact) mass is 675 g/mol. The maximum absolute atomic E-state index is 12.2. The normalized spacial score (nSPS) is 16.1. The highest BCUT2D eigenvalue weighted by atomic mass is 16.6. The number of benzene rings is 4. The van der Waals surface area contributed by atoms with Gasteiger partial charge in [0.05, 0.1) is 12.0 Å². The smallest absolute Gasteiger partial charge is 0.410 e. The zero-order chi connectivity index (χ0) is 34.5. The average Bonchev–Trinajstić information content (AvgIpc) is 3.17. The number of aliphatic hydroxyl groups is 1. The van der Waals surface area contributed by atoms with Gasteiger partial charge < -0.3 is 29.5 Å². The highest BCUT2D eigenvalue weighted by Gasteiger charge is 2.44. The van der Waals surface area contributed by atoms with Crippen molar-refractivity contribution < 1.29 is 34.1 Å². The summed E-state index contributed by atoms with van der Waals surface area (Å²) in [7, 11) is 0. The summed E-state index contributed by atoms with van der Waals surface area (Å²) in [6.07, 6.45) is 1.58. The zero-order valence-electron chi connectivity index (χ0n) is 28.2. The minimum atomic E-state index is -0.933. The number of carbonyl (C=O) groups is 3. The molecule has 9 nitrogen and oxygen atoms in total. The first-order valence-electron chi connectivity index (χ1n) is 16.7. The topological polar surface area (TPSA) is 117 Å². The van der Waals surface area contributed by atoms with Gasteiger partial charge in [0.25, 0.3) is 0 Å². The number of piperidine rings is 2. The Morgan fingerprint density at radius 1 is 0.560 bits per heavy atom. The maximum atomic E-state index is 12.2. The third-order valence-corrected chi connectivity index (χ3v) is 9.69. The van der Waals surface area contributed by atoms with Crippen LogP contribution in [0.1, 0.15) is 47.9 Å². The summed E-state index contributed by atoms with van der Waals surface area (Å²) in [6.45, 7) is 2.55. The van der Waals surface area contributed by atoms with E-state index in [0.29, 0.717) is 45.6 Å². The Morgan fingerprint density at radius 2 is 0.920 bits per heavy atom. The molecule has 2 amide bonds. The van der Waals surface area contributed by atoms with E-state index in [2.05, 4.69) is 12.1 Å². The van der Waals surface area contributed by atoms with Crippen LogP contribution in [0, 0.1) is 0 Å². The number of rotatable bonds is 8. The summed E-state index contributed by atoms with van der Waals surface area (Å²) in [6, 6.07) is 38.5. The first-order valence-corrected chi connectivity index (χ1v) is 16.7. The molecule has 6 rings (SSSR count). The van der Waals surface area contributed by atoms with Crippen molar-refractivity contribution in [1.29, 1.82) is 0 Å². The standard InChI is InChI=1S/C20H21NO4.C20H23NO3.B/c22-18(23)20(17-9-5-2-6-10-17)11-13-21(14-12-20)19(24)25-15-16-7-3-1-4-8-16;22-16-20(18-9-5-2-6-10-18)11-13-21(14-12-20)19(23)24-15-17-7-3-1-4-8-17;/h1-10H,11-15H2,(H,22,23);1-10,22H,11-16H2;. The molecule has 0 saturated carbocycles. The maximum Gasteiger partial charge on any atom is 0.410 e. The van der Waals surface area contributed by atoms with E-state index in [1.165, 1.54) is 0 Å². The lowest BCUT2D eigenvalue weighted by Gasteiger charge is -2.40. The number of nitrogens with zero attached hydrogens (tertiary/aromatic N) is 2. The van der Waals surface area contributed by atoms with Crippen LogP contribution in [0.3, 0.4) is 0 Å². The molecule has 0 spiro atoms. The fourth-order valence-corrected chi connectivity index (χ4v) is 6.52. The summed E-state index contributed by atoms with van der Waals surface area (Å²) in [5, 5.41) is 19.7. The third kappa shape index (κ3) is 9.33. The average molecular weight is 676 g/mol. The number of carboxylic acid groups (broad SMARTS) is 1. The van der Waals surface area contributed by atoms with Crippen molar-refractivity contribution in [3.05, 3.63) is 144 Å². The highest BCUT2D eigenvalue weighted by molar-refractivity contribution is 5.82. The first kappa shape index (κ1) is 37.7. The van der Waals surface area contributed by atoms with Crippen LogP contribution >= 0.6 is 0 Å². The van der Waals surface area contributed by atoms with Gasteiger partial charge in [-0.25, -0.2) is 9.59 Å². The van der Waals surface area contributed by atoms with Crippen LogP contribution in [0.25, 0.3) is 0 Å². The number of hydrogen-bond donors (Lipinski definition) is 2. The predicted octanol–water partition coefficient (Wildman–Crippen LogP) is 6.41. The number of ether oxygens (including phenoxy) is 2. The number of likely N-dealkylation sites (tertiary alicyclic amines) is 2. The second-order valence-corrected chi connectivity index (χ2v) is 12.6. The van der Waals surface area contributed by atoms with Crippen molar-refractivity contribution in [2.75, 3.05) is 32.8 Å². The van der Waals surface area contributed by atoms with E-state index in [1.807, 2.05) is 109 Å². The second-order valence-electron chi connectivity index (χ2n) is 12.6. The van der Waals surface area contributed by atoms with Gasteiger partial charge in [-0.05, 0) is 47.9 Å².